The van der Waals surface area contributed by atoms with Gasteiger partial charge in [-0.1, -0.05) is 60.0 Å². The fourth-order valence-electron chi connectivity index (χ4n) is 4.31. The predicted octanol–water partition coefficient (Wildman–Crippen LogP) is 9.73. The van der Waals surface area contributed by atoms with Gasteiger partial charge in [-0.25, -0.2) is 17.6 Å². The van der Waals surface area contributed by atoms with E-state index in [2.05, 4.69) is 6.07 Å². The number of halogens is 7. The first kappa shape index (κ1) is 26.6. The second kappa shape index (κ2) is 10.3. The molecule has 0 heterocycles. The quantitative estimate of drug-likeness (QED) is 0.121. The van der Waals surface area contributed by atoms with Gasteiger partial charge in [-0.3, -0.25) is 0 Å². The lowest BCUT2D eigenvalue weighted by Gasteiger charge is -2.11. The van der Waals surface area contributed by atoms with E-state index in [0.29, 0.717) is 10.6 Å². The van der Waals surface area contributed by atoms with Gasteiger partial charge in [-0.2, -0.15) is 13.2 Å². The van der Waals surface area contributed by atoms with Gasteiger partial charge in [0.15, 0.2) is 0 Å². The van der Waals surface area contributed by atoms with Crippen LogP contribution in [0.4, 0.5) is 30.7 Å². The second-order valence-electron chi connectivity index (χ2n) is 8.97. The van der Waals surface area contributed by atoms with Gasteiger partial charge in [0.05, 0.1) is 11.1 Å². The Labute approximate surface area is 223 Å². The Morgan fingerprint density at radius 1 is 0.718 bits per heavy atom. The molecular weight excluding hydrogens is 537 g/mol. The summed E-state index contributed by atoms with van der Waals surface area (Å²) in [4.78, 5) is 0.364. The molecule has 0 aliphatic heterocycles. The van der Waals surface area contributed by atoms with Crippen LogP contribution in [0.25, 0.3) is 32.7 Å². The number of fused-ring (bicyclic) bond motifs is 2. The highest BCUT2D eigenvalue weighted by Crippen LogP contribution is 2.35. The Balaban J connectivity index is 1.42. The number of hydrogen-bond donors (Lipinski definition) is 0. The molecule has 0 fully saturated rings. The number of thioether (sulfide) groups is 1. The fraction of sp³-hybridized carbons (Fsp3) is 0.0968. The van der Waals surface area contributed by atoms with Crippen LogP contribution in [0.2, 0.25) is 0 Å². The smallest absolute Gasteiger partial charge is 0.206 e. The fourth-order valence-corrected chi connectivity index (χ4v) is 5.20. The van der Waals surface area contributed by atoms with E-state index >= 15 is 8.78 Å². The van der Waals surface area contributed by atoms with Crippen LogP contribution < -0.4 is 0 Å². The van der Waals surface area contributed by atoms with Gasteiger partial charge >= 0.3 is 6.18 Å². The van der Waals surface area contributed by atoms with Crippen molar-refractivity contribution in [2.24, 2.45) is 0 Å². The third-order valence-corrected chi connectivity index (χ3v) is 7.17. The Morgan fingerprint density at radius 2 is 1.41 bits per heavy atom. The topological polar surface area (TPSA) is 0 Å². The molecule has 0 aromatic heterocycles. The van der Waals surface area contributed by atoms with E-state index < -0.39 is 35.0 Å². The lowest BCUT2D eigenvalue weighted by atomic mass is 9.98. The molecule has 39 heavy (non-hydrogen) atoms. The monoisotopic (exact) mass is 554 g/mol. The molecular formula is C31H17F7S. The minimum absolute atomic E-state index is 0.0202. The summed E-state index contributed by atoms with van der Waals surface area (Å²) in [6.07, 6.45) is -4.92. The minimum atomic E-state index is -4.92. The Kier molecular flexibility index (Phi) is 7.04. The van der Waals surface area contributed by atoms with Gasteiger partial charge in [0.2, 0.25) is 0 Å². The summed E-state index contributed by atoms with van der Waals surface area (Å²) in [5, 5.41) is 1.86. The van der Waals surface area contributed by atoms with Crippen molar-refractivity contribution in [1.82, 2.24) is 0 Å². The molecule has 5 aromatic carbocycles. The van der Waals surface area contributed by atoms with Crippen molar-refractivity contribution in [2.45, 2.75) is 23.7 Å². The summed E-state index contributed by atoms with van der Waals surface area (Å²) in [6.45, 7) is 2.01. The van der Waals surface area contributed by atoms with Crippen LogP contribution in [-0.2, 0) is 5.75 Å². The predicted molar refractivity (Wildman–Crippen MR) is 140 cm³/mol. The molecule has 0 aliphatic rings. The number of alkyl halides is 3. The van der Waals surface area contributed by atoms with E-state index in [9.17, 15) is 22.0 Å². The highest BCUT2D eigenvalue weighted by atomic mass is 32.2. The first-order chi connectivity index (χ1) is 18.5. The number of aryl methyl sites for hydroxylation is 1. The Morgan fingerprint density at radius 3 is 2.13 bits per heavy atom. The number of rotatable bonds is 4. The summed E-state index contributed by atoms with van der Waals surface area (Å²) in [5.74, 6) is -1.53. The molecule has 0 radical (unpaired) electrons. The zero-order chi connectivity index (χ0) is 27.9. The van der Waals surface area contributed by atoms with Gasteiger partial charge in [0, 0.05) is 22.0 Å². The molecule has 0 aliphatic carbocycles. The average Bonchev–Trinajstić information content (AvgIpc) is 2.86. The molecule has 0 atom stereocenters. The average molecular weight is 555 g/mol. The Bertz CT molecular complexity index is 1790. The molecule has 0 spiro atoms. The van der Waals surface area contributed by atoms with Gasteiger partial charge in [-0.15, -0.1) is 11.8 Å². The molecule has 5 rings (SSSR count). The Hall–Kier alpha value is -3.96. The van der Waals surface area contributed by atoms with Crippen LogP contribution in [0.15, 0.2) is 77.7 Å². The van der Waals surface area contributed by atoms with Crippen LogP contribution >= 0.6 is 11.8 Å². The van der Waals surface area contributed by atoms with Crippen molar-refractivity contribution in [3.63, 3.8) is 0 Å². The molecule has 0 saturated heterocycles. The van der Waals surface area contributed by atoms with Crippen LogP contribution in [0, 0.1) is 42.0 Å². The van der Waals surface area contributed by atoms with Gasteiger partial charge < -0.3 is 0 Å². The van der Waals surface area contributed by atoms with Crippen LogP contribution in [0.3, 0.4) is 0 Å². The molecule has 0 amide bonds. The first-order valence-corrected chi connectivity index (χ1v) is 12.6. The van der Waals surface area contributed by atoms with Crippen LogP contribution in [-0.4, -0.2) is 6.18 Å². The van der Waals surface area contributed by atoms with Crippen LogP contribution in [0.5, 0.6) is 0 Å². The SMILES string of the molecule is Cc1ccc2cc(CSc3cc(F)c(-c4ccc5c(F)c(C#CC(F)(F)F)c(F)cc5c4)c(F)c3)ccc2c1. The van der Waals surface area contributed by atoms with Crippen molar-refractivity contribution in [3.8, 4) is 23.0 Å². The maximum Gasteiger partial charge on any atom is 0.458 e. The van der Waals surface area contributed by atoms with E-state index in [1.807, 2.05) is 37.3 Å². The van der Waals surface area contributed by atoms with E-state index in [4.69, 9.17) is 0 Å². The lowest BCUT2D eigenvalue weighted by molar-refractivity contribution is -0.0696. The van der Waals surface area contributed by atoms with E-state index in [-0.39, 0.29) is 21.9 Å². The maximum atomic E-state index is 15.1. The standard InChI is InChI=1S/C31H17F7S/c1-17-2-4-20-11-18(3-5-19(20)10-17)16-39-23-14-27(33)29(28(34)15-23)21-6-7-24-22(12-21)13-26(32)25(30(24)35)8-9-31(36,37)38/h2-7,10-15H,16H2,1H3. The number of hydrogen-bond acceptors (Lipinski definition) is 1. The lowest BCUT2D eigenvalue weighted by Crippen LogP contribution is -2.02. The van der Waals surface area contributed by atoms with E-state index in [0.717, 1.165) is 40.0 Å². The molecule has 8 heteroatoms. The minimum Gasteiger partial charge on any atom is -0.206 e. The molecule has 0 nitrogen and oxygen atoms in total. The summed E-state index contributed by atoms with van der Waals surface area (Å²) < 4.78 is 96.4. The zero-order valence-electron chi connectivity index (χ0n) is 20.2. The number of benzene rings is 5. The molecule has 196 valence electrons. The largest absolute Gasteiger partial charge is 0.458 e. The van der Waals surface area contributed by atoms with E-state index in [1.54, 1.807) is 0 Å². The van der Waals surface area contributed by atoms with Crippen molar-refractivity contribution >= 4 is 33.3 Å². The van der Waals surface area contributed by atoms with E-state index in [1.165, 1.54) is 41.9 Å². The highest BCUT2D eigenvalue weighted by molar-refractivity contribution is 7.98. The van der Waals surface area contributed by atoms with Crippen molar-refractivity contribution in [3.05, 3.63) is 113 Å². The zero-order valence-corrected chi connectivity index (χ0v) is 21.0. The summed E-state index contributed by atoms with van der Waals surface area (Å²) in [5.41, 5.74) is 0.736. The highest BCUT2D eigenvalue weighted by Gasteiger charge is 2.24. The molecule has 5 aromatic rings. The van der Waals surface area contributed by atoms with Gasteiger partial charge in [0.25, 0.3) is 0 Å². The summed E-state index contributed by atoms with van der Waals surface area (Å²) >= 11 is 1.26. The third kappa shape index (κ3) is 5.74. The molecule has 0 unspecified atom stereocenters. The summed E-state index contributed by atoms with van der Waals surface area (Å²) in [6, 6.07) is 18.8. The molecule has 0 N–H and O–H groups in total. The summed E-state index contributed by atoms with van der Waals surface area (Å²) in [7, 11) is 0. The van der Waals surface area contributed by atoms with Crippen LogP contribution in [0.1, 0.15) is 16.7 Å². The molecule has 0 saturated carbocycles. The maximum absolute atomic E-state index is 15.1. The van der Waals surface area contributed by atoms with Gasteiger partial charge in [0.1, 0.15) is 23.3 Å². The van der Waals surface area contributed by atoms with Crippen molar-refractivity contribution in [2.75, 3.05) is 0 Å². The second-order valence-corrected chi connectivity index (χ2v) is 10.0. The first-order valence-electron chi connectivity index (χ1n) is 11.6. The van der Waals surface area contributed by atoms with Crippen molar-refractivity contribution in [1.29, 1.82) is 0 Å². The molecule has 0 bridgehead atoms. The normalized spacial score (nSPS) is 11.6. The third-order valence-electron chi connectivity index (χ3n) is 6.13. The van der Waals surface area contributed by atoms with Crippen molar-refractivity contribution < 1.29 is 30.7 Å². The van der Waals surface area contributed by atoms with Gasteiger partial charge in [-0.05, 0) is 58.5 Å².